The molecule has 1 amide bonds. The second kappa shape index (κ2) is 25.3. The van der Waals surface area contributed by atoms with Gasteiger partial charge in [-0.3, -0.25) is 19.4 Å². The second-order valence-corrected chi connectivity index (χ2v) is 14.5. The Hall–Kier alpha value is -3.78. The second-order valence-electron chi connectivity index (χ2n) is 13.7. The summed E-state index contributed by atoms with van der Waals surface area (Å²) in [6.07, 6.45) is 32.9. The summed E-state index contributed by atoms with van der Waals surface area (Å²) in [6, 6.07) is 11.7. The first-order chi connectivity index (χ1) is 26.5. The molecule has 0 saturated carbocycles. The van der Waals surface area contributed by atoms with E-state index in [0.29, 0.717) is 42.3 Å². The Bertz CT molecular complexity index is 1590. The molecule has 2 heterocycles. The Morgan fingerprint density at radius 1 is 0.778 bits per heavy atom. The summed E-state index contributed by atoms with van der Waals surface area (Å²) in [4.78, 5) is 31.7. The lowest BCUT2D eigenvalue weighted by Crippen LogP contribution is -2.46. The van der Waals surface area contributed by atoms with E-state index in [1.165, 1.54) is 6.42 Å². The van der Waals surface area contributed by atoms with Gasteiger partial charge in [0.1, 0.15) is 5.75 Å². The predicted octanol–water partition coefficient (Wildman–Crippen LogP) is 11.1. The van der Waals surface area contributed by atoms with Gasteiger partial charge in [-0.05, 0) is 94.5 Å². The number of halogens is 2. The van der Waals surface area contributed by atoms with Gasteiger partial charge in [0.25, 0.3) is 0 Å². The fourth-order valence-corrected chi connectivity index (χ4v) is 6.80. The van der Waals surface area contributed by atoms with Gasteiger partial charge in [-0.2, -0.15) is 0 Å². The Morgan fingerprint density at radius 3 is 2.28 bits per heavy atom. The van der Waals surface area contributed by atoms with Crippen LogP contribution in [0.4, 0.5) is 11.4 Å². The SMILES string of the molecule is CCCC=CC=CCCC=CCC=CCC=CCCCC(=O)OCN1C(=O)CCc2ccc(OCCCCN3CCN(c4cccc(Cl)c4Cl)CC3)cc21. The van der Waals surface area contributed by atoms with Crippen LogP contribution in [0.5, 0.6) is 5.75 Å². The number of hydrogen-bond donors (Lipinski definition) is 0. The van der Waals surface area contributed by atoms with Crippen molar-refractivity contribution >= 4 is 46.5 Å². The number of anilines is 2. The molecule has 0 bridgehead atoms. The highest BCUT2D eigenvalue weighted by Crippen LogP contribution is 2.33. The average Bonchev–Trinajstić information content (AvgIpc) is 3.18. The molecule has 9 heteroatoms. The minimum Gasteiger partial charge on any atom is -0.494 e. The molecule has 1 saturated heterocycles. The summed E-state index contributed by atoms with van der Waals surface area (Å²) in [5, 5.41) is 1.22. The standard InChI is InChI=1S/C45H59Cl2N3O4/c1-2-3-4-5-6-7-8-9-10-11-12-13-14-15-16-17-18-19-25-44(52)54-37-50-42-36-39(28-26-38(42)27-29-43(50)51)53-35-21-20-30-48-31-33-49(34-32-48)41-24-22-23-40(46)45(41)47/h4-7,10-11,13-14,16-17,22-24,26,28,36H,2-3,8-9,12,15,18-21,25,27,29-35,37H2,1H3. The van der Waals surface area contributed by atoms with Crippen LogP contribution in [-0.4, -0.2) is 62.8 Å². The lowest BCUT2D eigenvalue weighted by molar-refractivity contribution is -0.144. The molecule has 0 aromatic heterocycles. The quantitative estimate of drug-likeness (QED) is 0.0485. The van der Waals surface area contributed by atoms with E-state index in [4.69, 9.17) is 32.7 Å². The Kier molecular flexibility index (Phi) is 20.1. The Morgan fingerprint density at radius 2 is 1.50 bits per heavy atom. The number of nitrogens with zero attached hydrogens (tertiary/aromatic N) is 3. The van der Waals surface area contributed by atoms with E-state index in [1.807, 2.05) is 36.4 Å². The van der Waals surface area contributed by atoms with Crippen LogP contribution in [-0.2, 0) is 20.7 Å². The molecular weight excluding hydrogens is 717 g/mol. The highest BCUT2D eigenvalue weighted by molar-refractivity contribution is 6.43. The van der Waals surface area contributed by atoms with Gasteiger partial charge in [-0.15, -0.1) is 0 Å². The zero-order valence-electron chi connectivity index (χ0n) is 32.1. The molecule has 0 spiro atoms. The number of benzene rings is 2. The van der Waals surface area contributed by atoms with Gasteiger partial charge in [-0.1, -0.05) is 109 Å². The molecule has 2 aliphatic rings. The van der Waals surface area contributed by atoms with Crippen molar-refractivity contribution in [2.24, 2.45) is 0 Å². The van der Waals surface area contributed by atoms with E-state index in [-0.39, 0.29) is 18.6 Å². The van der Waals surface area contributed by atoms with Gasteiger partial charge >= 0.3 is 5.97 Å². The highest BCUT2D eigenvalue weighted by atomic mass is 35.5. The summed E-state index contributed by atoms with van der Waals surface area (Å²) in [6.45, 7) is 7.52. The van der Waals surface area contributed by atoms with E-state index in [0.717, 1.165) is 107 Å². The monoisotopic (exact) mass is 775 g/mol. The molecule has 2 aromatic carbocycles. The molecular formula is C45H59Cl2N3O4. The van der Waals surface area contributed by atoms with Crippen molar-refractivity contribution in [2.45, 2.75) is 90.4 Å². The number of carbonyl (C=O) groups is 2. The van der Waals surface area contributed by atoms with Crippen LogP contribution in [0.15, 0.2) is 97.2 Å². The molecule has 2 aliphatic heterocycles. The van der Waals surface area contributed by atoms with E-state index in [2.05, 4.69) is 77.5 Å². The molecule has 0 unspecified atom stereocenters. The number of aryl methyl sites for hydroxylation is 1. The lowest BCUT2D eigenvalue weighted by Gasteiger charge is -2.36. The van der Waals surface area contributed by atoms with Crippen molar-refractivity contribution in [2.75, 3.05) is 55.9 Å². The number of esters is 1. The molecule has 1 fully saturated rings. The summed E-state index contributed by atoms with van der Waals surface area (Å²) >= 11 is 12.6. The van der Waals surface area contributed by atoms with Crippen LogP contribution >= 0.6 is 23.2 Å². The summed E-state index contributed by atoms with van der Waals surface area (Å²) in [5.74, 6) is 0.388. The first-order valence-electron chi connectivity index (χ1n) is 19.9. The van der Waals surface area contributed by atoms with Crippen LogP contribution in [0.25, 0.3) is 0 Å². The Balaban J connectivity index is 1.06. The lowest BCUT2D eigenvalue weighted by atomic mass is 10.0. The third-order valence-corrected chi connectivity index (χ3v) is 10.3. The molecule has 0 atom stereocenters. The minimum atomic E-state index is -0.291. The molecule has 7 nitrogen and oxygen atoms in total. The maximum absolute atomic E-state index is 12.8. The van der Waals surface area contributed by atoms with Crippen LogP contribution in [0.1, 0.15) is 89.5 Å². The average molecular weight is 777 g/mol. The van der Waals surface area contributed by atoms with Gasteiger partial charge in [0.2, 0.25) is 5.91 Å². The van der Waals surface area contributed by atoms with Gasteiger partial charge in [0, 0.05) is 45.1 Å². The van der Waals surface area contributed by atoms with Crippen LogP contribution in [0, 0.1) is 0 Å². The van der Waals surface area contributed by atoms with Crippen LogP contribution in [0.3, 0.4) is 0 Å². The maximum Gasteiger partial charge on any atom is 0.307 e. The molecule has 0 N–H and O–H groups in total. The van der Waals surface area contributed by atoms with Crippen LogP contribution in [0.2, 0.25) is 10.0 Å². The Labute approximate surface area is 334 Å². The number of carbonyl (C=O) groups excluding carboxylic acids is 2. The minimum absolute atomic E-state index is 0.0420. The fourth-order valence-electron chi connectivity index (χ4n) is 6.38. The molecule has 292 valence electrons. The number of fused-ring (bicyclic) bond motifs is 1. The molecule has 54 heavy (non-hydrogen) atoms. The normalized spacial score (nSPS) is 15.5. The van der Waals surface area contributed by atoms with Crippen molar-refractivity contribution in [3.8, 4) is 5.75 Å². The third-order valence-electron chi connectivity index (χ3n) is 9.53. The number of unbranched alkanes of at least 4 members (excludes halogenated alkanes) is 4. The summed E-state index contributed by atoms with van der Waals surface area (Å²) < 4.78 is 11.7. The number of amides is 1. The van der Waals surface area contributed by atoms with Crippen molar-refractivity contribution < 1.29 is 19.1 Å². The van der Waals surface area contributed by atoms with E-state index >= 15 is 0 Å². The van der Waals surface area contributed by atoms with Gasteiger partial charge in [0.05, 0.1) is 28.0 Å². The van der Waals surface area contributed by atoms with Crippen molar-refractivity contribution in [1.82, 2.24) is 4.90 Å². The highest BCUT2D eigenvalue weighted by Gasteiger charge is 2.26. The summed E-state index contributed by atoms with van der Waals surface area (Å²) in [5.41, 5.74) is 2.83. The van der Waals surface area contributed by atoms with Crippen molar-refractivity contribution in [3.63, 3.8) is 0 Å². The molecule has 4 rings (SSSR count). The smallest absolute Gasteiger partial charge is 0.307 e. The van der Waals surface area contributed by atoms with Crippen molar-refractivity contribution in [3.05, 3.63) is 113 Å². The molecule has 0 radical (unpaired) electrons. The van der Waals surface area contributed by atoms with Gasteiger partial charge < -0.3 is 14.4 Å². The molecule has 0 aliphatic carbocycles. The zero-order chi connectivity index (χ0) is 38.2. The maximum atomic E-state index is 12.8. The number of ether oxygens (including phenoxy) is 2. The zero-order valence-corrected chi connectivity index (χ0v) is 33.6. The first-order valence-corrected chi connectivity index (χ1v) is 20.6. The number of rotatable bonds is 23. The van der Waals surface area contributed by atoms with Crippen LogP contribution < -0.4 is 14.5 Å². The van der Waals surface area contributed by atoms with E-state index < -0.39 is 0 Å². The molecule has 2 aromatic rings. The number of allylic oxidation sites excluding steroid dienone is 10. The third kappa shape index (κ3) is 15.5. The van der Waals surface area contributed by atoms with Gasteiger partial charge in [-0.25, -0.2) is 0 Å². The van der Waals surface area contributed by atoms with Gasteiger partial charge in [0.15, 0.2) is 6.73 Å². The van der Waals surface area contributed by atoms with E-state index in [9.17, 15) is 9.59 Å². The predicted molar refractivity (Wildman–Crippen MR) is 226 cm³/mol. The fraction of sp³-hybridized carbons (Fsp3) is 0.467. The number of piperazine rings is 1. The topological polar surface area (TPSA) is 62.3 Å². The van der Waals surface area contributed by atoms with E-state index in [1.54, 1.807) is 4.90 Å². The summed E-state index contributed by atoms with van der Waals surface area (Å²) in [7, 11) is 0. The first kappa shape index (κ1) is 43.0. The number of hydrogen-bond acceptors (Lipinski definition) is 6. The largest absolute Gasteiger partial charge is 0.494 e. The van der Waals surface area contributed by atoms with Crippen molar-refractivity contribution in [1.29, 1.82) is 0 Å².